The summed E-state index contributed by atoms with van der Waals surface area (Å²) < 4.78 is 11.0. The number of nitrogens with one attached hydrogen (secondary N) is 2. The Hall–Kier alpha value is -2.56. The number of hydrogen-bond donors (Lipinski definition) is 2. The molecule has 0 radical (unpaired) electrons. The van der Waals surface area contributed by atoms with Crippen molar-refractivity contribution in [2.75, 3.05) is 25.6 Å². The number of halogens is 1. The van der Waals surface area contributed by atoms with Gasteiger partial charge in [-0.2, -0.15) is 0 Å². The van der Waals surface area contributed by atoms with E-state index in [-0.39, 0.29) is 10.8 Å². The maximum Gasteiger partial charge on any atom is 0.271 e. The maximum atomic E-state index is 12.3. The van der Waals surface area contributed by atoms with Gasteiger partial charge in [-0.25, -0.2) is 0 Å². The number of carbonyl (C=O) groups is 1. The predicted molar refractivity (Wildman–Crippen MR) is 108 cm³/mol. The fourth-order valence-corrected chi connectivity index (χ4v) is 2.73. The van der Waals surface area contributed by atoms with Gasteiger partial charge in [0.15, 0.2) is 5.11 Å². The molecule has 8 nitrogen and oxygen atoms in total. The van der Waals surface area contributed by atoms with E-state index in [0.717, 1.165) is 0 Å². The highest BCUT2D eigenvalue weighted by atomic mass is 79.9. The van der Waals surface area contributed by atoms with Gasteiger partial charge in [-0.3, -0.25) is 20.2 Å². The lowest BCUT2D eigenvalue weighted by Gasteiger charge is -2.11. The zero-order chi connectivity index (χ0) is 19.8. The summed E-state index contributed by atoms with van der Waals surface area (Å²) in [6, 6.07) is 10.7. The van der Waals surface area contributed by atoms with Gasteiger partial charge in [0.1, 0.15) is 12.4 Å². The number of rotatable bonds is 7. The summed E-state index contributed by atoms with van der Waals surface area (Å²) in [5.41, 5.74) is 0.684. The molecule has 0 aromatic heterocycles. The molecule has 142 valence electrons. The van der Waals surface area contributed by atoms with E-state index in [1.54, 1.807) is 31.4 Å². The molecule has 0 atom stereocenters. The largest absolute Gasteiger partial charge is 0.490 e. The Morgan fingerprint density at radius 1 is 1.26 bits per heavy atom. The van der Waals surface area contributed by atoms with Gasteiger partial charge in [-0.15, -0.1) is 0 Å². The summed E-state index contributed by atoms with van der Waals surface area (Å²) in [4.78, 5) is 22.6. The van der Waals surface area contributed by atoms with Gasteiger partial charge in [0.05, 0.1) is 16.0 Å². The summed E-state index contributed by atoms with van der Waals surface area (Å²) in [7, 11) is 1.58. The van der Waals surface area contributed by atoms with Gasteiger partial charge in [0.2, 0.25) is 0 Å². The zero-order valence-corrected chi connectivity index (χ0v) is 16.6. The monoisotopic (exact) mass is 453 g/mol. The predicted octanol–water partition coefficient (Wildman–Crippen LogP) is 3.51. The SMILES string of the molecule is COCCOc1ccc(C(=O)NC(=S)Nc2cccc([N+](=O)[O-])c2)cc1Br. The van der Waals surface area contributed by atoms with Crippen LogP contribution in [0.2, 0.25) is 0 Å². The topological polar surface area (TPSA) is 103 Å². The van der Waals surface area contributed by atoms with Crippen LogP contribution in [0.5, 0.6) is 5.75 Å². The average molecular weight is 454 g/mol. The number of ether oxygens (including phenoxy) is 2. The van der Waals surface area contributed by atoms with Crippen LogP contribution < -0.4 is 15.4 Å². The maximum absolute atomic E-state index is 12.3. The molecule has 2 N–H and O–H groups in total. The fourth-order valence-electron chi connectivity index (χ4n) is 2.03. The molecule has 0 aliphatic heterocycles. The van der Waals surface area contributed by atoms with Gasteiger partial charge in [-0.05, 0) is 52.4 Å². The summed E-state index contributed by atoms with van der Waals surface area (Å²) in [6.45, 7) is 0.837. The Morgan fingerprint density at radius 2 is 2.04 bits per heavy atom. The molecule has 2 aromatic carbocycles. The number of non-ortho nitro benzene ring substituents is 1. The van der Waals surface area contributed by atoms with E-state index in [4.69, 9.17) is 21.7 Å². The molecule has 27 heavy (non-hydrogen) atoms. The van der Waals surface area contributed by atoms with Crippen molar-refractivity contribution >= 4 is 50.5 Å². The number of anilines is 1. The average Bonchev–Trinajstić information content (AvgIpc) is 2.63. The second-order valence-corrected chi connectivity index (χ2v) is 6.46. The van der Waals surface area contributed by atoms with Crippen molar-refractivity contribution in [1.29, 1.82) is 0 Å². The molecule has 0 heterocycles. The van der Waals surface area contributed by atoms with Crippen LogP contribution in [0.15, 0.2) is 46.9 Å². The highest BCUT2D eigenvalue weighted by Gasteiger charge is 2.12. The van der Waals surface area contributed by atoms with E-state index < -0.39 is 10.8 Å². The minimum absolute atomic E-state index is 0.0250. The van der Waals surface area contributed by atoms with Crippen molar-refractivity contribution in [1.82, 2.24) is 5.32 Å². The highest BCUT2D eigenvalue weighted by Crippen LogP contribution is 2.26. The van der Waals surface area contributed by atoms with Crippen LogP contribution in [0.3, 0.4) is 0 Å². The van der Waals surface area contributed by atoms with E-state index in [0.29, 0.717) is 34.7 Å². The van der Waals surface area contributed by atoms with Crippen molar-refractivity contribution in [3.63, 3.8) is 0 Å². The lowest BCUT2D eigenvalue weighted by molar-refractivity contribution is -0.384. The van der Waals surface area contributed by atoms with Crippen LogP contribution in [-0.4, -0.2) is 36.3 Å². The normalized spacial score (nSPS) is 10.1. The van der Waals surface area contributed by atoms with E-state index in [2.05, 4.69) is 26.6 Å². The van der Waals surface area contributed by atoms with Gasteiger partial charge in [0, 0.05) is 30.5 Å². The number of methoxy groups -OCH3 is 1. The molecule has 0 unspecified atom stereocenters. The Balaban J connectivity index is 1.98. The smallest absolute Gasteiger partial charge is 0.271 e. The third kappa shape index (κ3) is 6.27. The van der Waals surface area contributed by atoms with Crippen molar-refractivity contribution in [3.05, 3.63) is 62.6 Å². The second-order valence-electron chi connectivity index (χ2n) is 5.20. The van der Waals surface area contributed by atoms with Crippen LogP contribution in [0.1, 0.15) is 10.4 Å². The summed E-state index contributed by atoms with van der Waals surface area (Å²) in [6.07, 6.45) is 0. The highest BCUT2D eigenvalue weighted by molar-refractivity contribution is 9.10. The molecular formula is C17H16BrN3O5S. The summed E-state index contributed by atoms with van der Waals surface area (Å²) in [5.74, 6) is 0.156. The number of nitro groups is 1. The van der Waals surface area contributed by atoms with Crippen LogP contribution in [0.25, 0.3) is 0 Å². The number of thiocarbonyl (C=S) groups is 1. The minimum atomic E-state index is -0.513. The minimum Gasteiger partial charge on any atom is -0.490 e. The molecule has 0 saturated carbocycles. The Kier molecular flexibility index (Phi) is 7.65. The third-order valence-corrected chi connectivity index (χ3v) is 4.10. The number of hydrogen-bond acceptors (Lipinski definition) is 6. The second kappa shape index (κ2) is 9.95. The number of benzene rings is 2. The molecule has 0 fully saturated rings. The molecule has 2 aromatic rings. The van der Waals surface area contributed by atoms with Crippen molar-refractivity contribution < 1.29 is 19.2 Å². The van der Waals surface area contributed by atoms with E-state index >= 15 is 0 Å². The van der Waals surface area contributed by atoms with E-state index in [9.17, 15) is 14.9 Å². The molecule has 0 bridgehead atoms. The van der Waals surface area contributed by atoms with E-state index in [1.807, 2.05) is 0 Å². The first-order valence-corrected chi connectivity index (χ1v) is 8.89. The first-order valence-electron chi connectivity index (χ1n) is 7.69. The first-order chi connectivity index (χ1) is 12.9. The van der Waals surface area contributed by atoms with Crippen LogP contribution >= 0.6 is 28.1 Å². The van der Waals surface area contributed by atoms with Crippen LogP contribution in [-0.2, 0) is 4.74 Å². The van der Waals surface area contributed by atoms with Crippen molar-refractivity contribution in [2.24, 2.45) is 0 Å². The van der Waals surface area contributed by atoms with Crippen molar-refractivity contribution in [3.8, 4) is 5.75 Å². The fraction of sp³-hybridized carbons (Fsp3) is 0.176. The van der Waals surface area contributed by atoms with Gasteiger partial charge >= 0.3 is 0 Å². The Labute approximate surface area is 169 Å². The van der Waals surface area contributed by atoms with Gasteiger partial charge in [-0.1, -0.05) is 6.07 Å². The Morgan fingerprint density at radius 3 is 2.70 bits per heavy atom. The lowest BCUT2D eigenvalue weighted by atomic mass is 10.2. The molecule has 0 aliphatic carbocycles. The lowest BCUT2D eigenvalue weighted by Crippen LogP contribution is -2.34. The number of carbonyl (C=O) groups excluding carboxylic acids is 1. The quantitative estimate of drug-likeness (QED) is 0.286. The molecule has 2 rings (SSSR count). The molecular weight excluding hydrogens is 438 g/mol. The number of amides is 1. The summed E-state index contributed by atoms with van der Waals surface area (Å²) >= 11 is 8.44. The standard InChI is InChI=1S/C17H16BrN3O5S/c1-25-7-8-26-15-6-5-11(9-14(15)18)16(22)20-17(27)19-12-3-2-4-13(10-12)21(23)24/h2-6,9-10H,7-8H2,1H3,(H2,19,20,22,27). The Bertz CT molecular complexity index is 862. The molecule has 0 aliphatic rings. The van der Waals surface area contributed by atoms with Crippen molar-refractivity contribution in [2.45, 2.75) is 0 Å². The van der Waals surface area contributed by atoms with Crippen LogP contribution in [0, 0.1) is 10.1 Å². The number of nitro benzene ring substituents is 1. The zero-order valence-electron chi connectivity index (χ0n) is 14.2. The van der Waals surface area contributed by atoms with Gasteiger partial charge in [0.25, 0.3) is 11.6 Å². The van der Waals surface area contributed by atoms with Gasteiger partial charge < -0.3 is 14.8 Å². The first kappa shape index (κ1) is 20.7. The number of nitrogens with zero attached hydrogens (tertiary/aromatic N) is 1. The molecule has 1 amide bonds. The van der Waals surface area contributed by atoms with Crippen LogP contribution in [0.4, 0.5) is 11.4 Å². The third-order valence-electron chi connectivity index (χ3n) is 3.28. The molecule has 0 saturated heterocycles. The van der Waals surface area contributed by atoms with E-state index in [1.165, 1.54) is 18.2 Å². The summed E-state index contributed by atoms with van der Waals surface area (Å²) in [5, 5.41) is 16.1. The molecule has 0 spiro atoms. The molecule has 10 heteroatoms.